The van der Waals surface area contributed by atoms with Crippen LogP contribution in [0.15, 0.2) is 0 Å². The Bertz CT molecular complexity index is 69.4. The molecular weight excluding hydrogens is 152 g/mol. The van der Waals surface area contributed by atoms with Crippen molar-refractivity contribution in [3.8, 4) is 0 Å². The molecule has 10 heavy (non-hydrogen) atoms. The van der Waals surface area contributed by atoms with E-state index in [1.165, 1.54) is 0 Å². The number of aliphatic hydroxyl groups excluding tert-OH is 1. The third-order valence-electron chi connectivity index (χ3n) is 1.05. The SMILES string of the molecule is CC(COC(C)CO)OS. The molecule has 0 aromatic heterocycles. The number of rotatable bonds is 5. The van der Waals surface area contributed by atoms with Crippen molar-refractivity contribution in [2.45, 2.75) is 26.1 Å². The molecule has 0 heterocycles. The lowest BCUT2D eigenvalue weighted by molar-refractivity contribution is -0.00617. The van der Waals surface area contributed by atoms with Crippen molar-refractivity contribution in [1.82, 2.24) is 0 Å². The highest BCUT2D eigenvalue weighted by Gasteiger charge is 2.03. The topological polar surface area (TPSA) is 38.7 Å². The number of hydrogen-bond donors (Lipinski definition) is 2. The second-order valence-corrected chi connectivity index (χ2v) is 2.45. The van der Waals surface area contributed by atoms with E-state index in [1.807, 2.05) is 6.92 Å². The Kier molecular flexibility index (Phi) is 6.11. The fraction of sp³-hybridized carbons (Fsp3) is 1.00. The minimum absolute atomic E-state index is 0.0302. The smallest absolute Gasteiger partial charge is 0.0924 e. The Hall–Kier alpha value is 0.230. The third kappa shape index (κ3) is 5.05. The Balaban J connectivity index is 3.17. The van der Waals surface area contributed by atoms with E-state index in [-0.39, 0.29) is 18.8 Å². The van der Waals surface area contributed by atoms with Gasteiger partial charge in [-0.25, -0.2) is 0 Å². The zero-order chi connectivity index (χ0) is 7.98. The van der Waals surface area contributed by atoms with E-state index in [9.17, 15) is 0 Å². The van der Waals surface area contributed by atoms with E-state index in [2.05, 4.69) is 17.1 Å². The molecule has 0 aromatic carbocycles. The highest BCUT2D eigenvalue weighted by molar-refractivity contribution is 7.75. The second-order valence-electron chi connectivity index (χ2n) is 2.24. The molecule has 2 unspecified atom stereocenters. The van der Waals surface area contributed by atoms with Gasteiger partial charge in [0, 0.05) is 0 Å². The molecule has 0 aromatic rings. The highest BCUT2D eigenvalue weighted by atomic mass is 32.1. The largest absolute Gasteiger partial charge is 0.394 e. The molecule has 3 nitrogen and oxygen atoms in total. The molecular formula is C6H14O3S. The van der Waals surface area contributed by atoms with Crippen LogP contribution in [0.25, 0.3) is 0 Å². The molecule has 0 saturated heterocycles. The fourth-order valence-corrected chi connectivity index (χ4v) is 0.444. The van der Waals surface area contributed by atoms with Crippen molar-refractivity contribution in [1.29, 1.82) is 0 Å². The van der Waals surface area contributed by atoms with Crippen LogP contribution < -0.4 is 0 Å². The summed E-state index contributed by atoms with van der Waals surface area (Å²) in [5, 5.41) is 8.54. The third-order valence-corrected chi connectivity index (χ3v) is 1.41. The zero-order valence-corrected chi connectivity index (χ0v) is 7.17. The summed E-state index contributed by atoms with van der Waals surface area (Å²) in [4.78, 5) is 0. The van der Waals surface area contributed by atoms with Crippen LogP contribution in [-0.4, -0.2) is 30.5 Å². The molecule has 0 aliphatic heterocycles. The predicted octanol–water partition coefficient (Wildman–Crippen LogP) is 0.634. The minimum Gasteiger partial charge on any atom is -0.394 e. The van der Waals surface area contributed by atoms with Crippen molar-refractivity contribution in [3.63, 3.8) is 0 Å². The molecule has 4 heteroatoms. The molecule has 0 aliphatic carbocycles. The van der Waals surface area contributed by atoms with E-state index in [0.29, 0.717) is 6.61 Å². The van der Waals surface area contributed by atoms with Gasteiger partial charge >= 0.3 is 0 Å². The standard InChI is InChI=1S/C6H14O3S/c1-5(3-7)8-4-6(2)9-10/h5-7,10H,3-4H2,1-2H3. The first-order valence-corrected chi connectivity index (χ1v) is 3.60. The zero-order valence-electron chi connectivity index (χ0n) is 6.28. The lowest BCUT2D eigenvalue weighted by atomic mass is 10.4. The molecule has 2 atom stereocenters. The summed E-state index contributed by atoms with van der Waals surface area (Å²) in [5.74, 6) is 0. The van der Waals surface area contributed by atoms with Gasteiger partial charge in [0.15, 0.2) is 0 Å². The summed E-state index contributed by atoms with van der Waals surface area (Å²) in [7, 11) is 0. The van der Waals surface area contributed by atoms with Gasteiger partial charge in [-0.05, 0) is 26.8 Å². The number of hydrogen-bond acceptors (Lipinski definition) is 4. The molecule has 0 amide bonds. The van der Waals surface area contributed by atoms with Crippen LogP contribution in [0.3, 0.4) is 0 Å². The van der Waals surface area contributed by atoms with Gasteiger partial charge in [-0.3, -0.25) is 0 Å². The van der Waals surface area contributed by atoms with Gasteiger partial charge in [-0.15, -0.1) is 0 Å². The van der Waals surface area contributed by atoms with E-state index in [1.54, 1.807) is 6.92 Å². The van der Waals surface area contributed by atoms with Crippen LogP contribution >= 0.6 is 12.9 Å². The van der Waals surface area contributed by atoms with Crippen molar-refractivity contribution in [2.75, 3.05) is 13.2 Å². The molecule has 0 fully saturated rings. The van der Waals surface area contributed by atoms with E-state index in [4.69, 9.17) is 9.84 Å². The van der Waals surface area contributed by atoms with Gasteiger partial charge in [0.1, 0.15) is 0 Å². The van der Waals surface area contributed by atoms with Crippen molar-refractivity contribution < 1.29 is 14.0 Å². The van der Waals surface area contributed by atoms with Crippen LogP contribution in [0.5, 0.6) is 0 Å². The van der Waals surface area contributed by atoms with Gasteiger partial charge in [0.2, 0.25) is 0 Å². The van der Waals surface area contributed by atoms with Gasteiger partial charge in [0.05, 0.1) is 25.4 Å². The quantitative estimate of drug-likeness (QED) is 0.465. The lowest BCUT2D eigenvalue weighted by Gasteiger charge is -2.12. The Morgan fingerprint density at radius 3 is 2.40 bits per heavy atom. The molecule has 0 bridgehead atoms. The van der Waals surface area contributed by atoms with Crippen LogP contribution in [-0.2, 0) is 8.92 Å². The summed E-state index contributed by atoms with van der Waals surface area (Å²) in [5.41, 5.74) is 0. The summed E-state index contributed by atoms with van der Waals surface area (Å²) in [6, 6.07) is 0. The first kappa shape index (κ1) is 10.2. The number of ether oxygens (including phenoxy) is 1. The maximum absolute atomic E-state index is 8.54. The second kappa shape index (κ2) is 5.97. The van der Waals surface area contributed by atoms with Gasteiger partial charge in [0.25, 0.3) is 0 Å². The average Bonchev–Trinajstić information content (AvgIpc) is 1.99. The van der Waals surface area contributed by atoms with Crippen LogP contribution in [0.1, 0.15) is 13.8 Å². The molecule has 62 valence electrons. The average molecular weight is 166 g/mol. The fourth-order valence-electron chi connectivity index (χ4n) is 0.383. The monoisotopic (exact) mass is 166 g/mol. The van der Waals surface area contributed by atoms with Crippen LogP contribution in [0.4, 0.5) is 0 Å². The summed E-state index contributed by atoms with van der Waals surface area (Å²) in [6.07, 6.45) is -0.150. The summed E-state index contributed by atoms with van der Waals surface area (Å²) < 4.78 is 9.75. The maximum Gasteiger partial charge on any atom is 0.0924 e. The highest BCUT2D eigenvalue weighted by Crippen LogP contribution is 1.96. The van der Waals surface area contributed by atoms with Crippen LogP contribution in [0.2, 0.25) is 0 Å². The van der Waals surface area contributed by atoms with E-state index in [0.717, 1.165) is 0 Å². The van der Waals surface area contributed by atoms with Gasteiger partial charge < -0.3 is 14.0 Å². The number of thiol groups is 1. The Morgan fingerprint density at radius 1 is 1.40 bits per heavy atom. The molecule has 0 rings (SSSR count). The van der Waals surface area contributed by atoms with Gasteiger partial charge in [-0.1, -0.05) is 0 Å². The predicted molar refractivity (Wildman–Crippen MR) is 42.0 cm³/mol. The van der Waals surface area contributed by atoms with Crippen molar-refractivity contribution in [2.24, 2.45) is 0 Å². The van der Waals surface area contributed by atoms with E-state index < -0.39 is 0 Å². The Labute approximate surface area is 66.9 Å². The first-order chi connectivity index (χ1) is 4.70. The maximum atomic E-state index is 8.54. The Morgan fingerprint density at radius 2 is 2.00 bits per heavy atom. The molecule has 0 radical (unpaired) electrons. The van der Waals surface area contributed by atoms with E-state index >= 15 is 0 Å². The summed E-state index contributed by atoms with van der Waals surface area (Å²) in [6.45, 7) is 4.15. The van der Waals surface area contributed by atoms with Crippen LogP contribution in [0, 0.1) is 0 Å². The first-order valence-electron chi connectivity index (χ1n) is 3.23. The molecule has 1 N–H and O–H groups in total. The summed E-state index contributed by atoms with van der Waals surface area (Å²) >= 11 is 3.60. The molecule has 0 spiro atoms. The van der Waals surface area contributed by atoms with Gasteiger partial charge in [-0.2, -0.15) is 0 Å². The van der Waals surface area contributed by atoms with Crippen molar-refractivity contribution >= 4 is 12.9 Å². The normalized spacial score (nSPS) is 16.8. The van der Waals surface area contributed by atoms with Crippen molar-refractivity contribution in [3.05, 3.63) is 0 Å². The lowest BCUT2D eigenvalue weighted by Crippen LogP contribution is -2.20. The molecule has 0 saturated carbocycles. The molecule has 0 aliphatic rings. The minimum atomic E-state index is -0.120. The number of aliphatic hydroxyl groups is 1.